The molecule has 1 saturated carbocycles. The molecule has 4 nitrogen and oxygen atoms in total. The zero-order chi connectivity index (χ0) is 14.2. The first kappa shape index (κ1) is 12.3. The van der Waals surface area contributed by atoms with Crippen LogP contribution in [0.3, 0.4) is 0 Å². The van der Waals surface area contributed by atoms with Crippen molar-refractivity contribution < 1.29 is 9.21 Å². The van der Waals surface area contributed by atoms with Crippen molar-refractivity contribution in [3.05, 3.63) is 60.1 Å². The van der Waals surface area contributed by atoms with Gasteiger partial charge >= 0.3 is 0 Å². The number of furan rings is 1. The third-order valence-corrected chi connectivity index (χ3v) is 3.92. The van der Waals surface area contributed by atoms with Crippen molar-refractivity contribution >= 4 is 17.7 Å². The van der Waals surface area contributed by atoms with Gasteiger partial charge in [-0.1, -0.05) is 12.1 Å². The third kappa shape index (κ3) is 2.23. The van der Waals surface area contributed by atoms with E-state index in [-0.39, 0.29) is 12.1 Å². The molecule has 1 aromatic carbocycles. The molecule has 4 rings (SSSR count). The van der Waals surface area contributed by atoms with Crippen molar-refractivity contribution in [2.24, 2.45) is 0 Å². The highest BCUT2D eigenvalue weighted by Crippen LogP contribution is 2.35. The molecule has 2 aromatic rings. The van der Waals surface area contributed by atoms with Gasteiger partial charge in [0.2, 0.25) is 0 Å². The Balaban J connectivity index is 1.67. The molecule has 2 aliphatic rings. The van der Waals surface area contributed by atoms with Gasteiger partial charge in [0.15, 0.2) is 0 Å². The molecule has 1 atom stereocenters. The second-order valence-corrected chi connectivity index (χ2v) is 5.45. The second kappa shape index (κ2) is 4.81. The summed E-state index contributed by atoms with van der Waals surface area (Å²) in [6.07, 6.45) is 7.60. The van der Waals surface area contributed by atoms with Crippen LogP contribution in [-0.2, 0) is 0 Å². The van der Waals surface area contributed by atoms with Gasteiger partial charge in [0.05, 0.1) is 11.8 Å². The highest BCUT2D eigenvalue weighted by molar-refractivity contribution is 6.02. The van der Waals surface area contributed by atoms with Gasteiger partial charge in [-0.25, -0.2) is 0 Å². The number of para-hydroxylation sites is 1. The molecule has 0 radical (unpaired) electrons. The minimum atomic E-state index is -0.120. The number of rotatable bonds is 3. The number of nitrogens with zero attached hydrogens (tertiary/aromatic N) is 1. The van der Waals surface area contributed by atoms with Gasteiger partial charge in [0, 0.05) is 11.7 Å². The van der Waals surface area contributed by atoms with Crippen LogP contribution >= 0.6 is 0 Å². The van der Waals surface area contributed by atoms with Gasteiger partial charge < -0.3 is 14.6 Å². The number of carbonyl (C=O) groups excluding carboxylic acids is 1. The standard InChI is InChI=1S/C17H16N2O2/c20-17-14-5-1-2-6-15(14)18-16(19(17)12-7-8-12)10-9-13-4-3-11-21-13/h1-6,9-12,16,18H,7-8H2. The maximum atomic E-state index is 12.7. The van der Waals surface area contributed by atoms with E-state index in [0.29, 0.717) is 6.04 Å². The molecule has 1 N–H and O–H groups in total. The van der Waals surface area contributed by atoms with E-state index in [2.05, 4.69) is 5.32 Å². The Labute approximate surface area is 123 Å². The van der Waals surface area contributed by atoms with E-state index in [9.17, 15) is 4.79 Å². The van der Waals surface area contributed by atoms with E-state index < -0.39 is 0 Å². The lowest BCUT2D eigenvalue weighted by molar-refractivity contribution is 0.0703. The van der Waals surface area contributed by atoms with Crippen LogP contribution in [0.5, 0.6) is 0 Å². The van der Waals surface area contributed by atoms with Crippen LogP contribution in [0.25, 0.3) is 6.08 Å². The molecule has 1 fully saturated rings. The van der Waals surface area contributed by atoms with Crippen LogP contribution in [0.4, 0.5) is 5.69 Å². The Hall–Kier alpha value is -2.49. The van der Waals surface area contributed by atoms with Crippen molar-refractivity contribution in [1.82, 2.24) is 4.90 Å². The van der Waals surface area contributed by atoms with Crippen LogP contribution in [0.2, 0.25) is 0 Å². The number of fused-ring (bicyclic) bond motifs is 1. The molecular formula is C17H16N2O2. The van der Waals surface area contributed by atoms with Gasteiger partial charge in [-0.05, 0) is 49.3 Å². The number of hydrogen-bond donors (Lipinski definition) is 1. The third-order valence-electron chi connectivity index (χ3n) is 3.92. The number of amides is 1. The zero-order valence-corrected chi connectivity index (χ0v) is 11.5. The van der Waals surface area contributed by atoms with Gasteiger partial charge in [-0.15, -0.1) is 0 Å². The highest BCUT2D eigenvalue weighted by atomic mass is 16.3. The second-order valence-electron chi connectivity index (χ2n) is 5.45. The summed E-state index contributed by atoms with van der Waals surface area (Å²) in [4.78, 5) is 14.6. The van der Waals surface area contributed by atoms with Gasteiger partial charge in [-0.2, -0.15) is 0 Å². The minimum Gasteiger partial charge on any atom is -0.465 e. The van der Waals surface area contributed by atoms with Crippen LogP contribution in [-0.4, -0.2) is 23.0 Å². The molecule has 21 heavy (non-hydrogen) atoms. The summed E-state index contributed by atoms with van der Waals surface area (Å²) in [6, 6.07) is 11.8. The Kier molecular flexibility index (Phi) is 2.81. The van der Waals surface area contributed by atoms with Gasteiger partial charge in [0.25, 0.3) is 5.91 Å². The first-order valence-electron chi connectivity index (χ1n) is 7.23. The summed E-state index contributed by atoms with van der Waals surface area (Å²) in [5, 5.41) is 3.44. The molecular weight excluding hydrogens is 264 g/mol. The Morgan fingerprint density at radius 3 is 2.81 bits per heavy atom. The van der Waals surface area contributed by atoms with E-state index in [1.54, 1.807) is 6.26 Å². The molecule has 2 heterocycles. The fraction of sp³-hybridized carbons (Fsp3) is 0.235. The maximum absolute atomic E-state index is 12.7. The van der Waals surface area contributed by atoms with E-state index in [1.807, 2.05) is 53.5 Å². The number of carbonyl (C=O) groups is 1. The smallest absolute Gasteiger partial charge is 0.258 e. The predicted molar refractivity (Wildman–Crippen MR) is 80.8 cm³/mol. The first-order valence-corrected chi connectivity index (χ1v) is 7.23. The fourth-order valence-corrected chi connectivity index (χ4v) is 2.75. The molecule has 0 spiro atoms. The average molecular weight is 280 g/mol. The van der Waals surface area contributed by atoms with Crippen molar-refractivity contribution in [2.45, 2.75) is 25.0 Å². The Morgan fingerprint density at radius 1 is 1.19 bits per heavy atom. The summed E-state index contributed by atoms with van der Waals surface area (Å²) >= 11 is 0. The van der Waals surface area contributed by atoms with Crippen molar-refractivity contribution in [2.75, 3.05) is 5.32 Å². The van der Waals surface area contributed by atoms with Crippen molar-refractivity contribution in [3.63, 3.8) is 0 Å². The maximum Gasteiger partial charge on any atom is 0.258 e. The molecule has 4 heteroatoms. The Morgan fingerprint density at radius 2 is 2.05 bits per heavy atom. The highest BCUT2D eigenvalue weighted by Gasteiger charge is 2.40. The van der Waals surface area contributed by atoms with Crippen molar-refractivity contribution in [3.8, 4) is 0 Å². The van der Waals surface area contributed by atoms with Crippen LogP contribution < -0.4 is 5.32 Å². The molecule has 106 valence electrons. The van der Waals surface area contributed by atoms with Crippen molar-refractivity contribution in [1.29, 1.82) is 0 Å². The van der Waals surface area contributed by atoms with E-state index in [1.165, 1.54) is 0 Å². The zero-order valence-electron chi connectivity index (χ0n) is 11.5. The molecule has 1 aliphatic carbocycles. The summed E-state index contributed by atoms with van der Waals surface area (Å²) < 4.78 is 5.31. The number of benzene rings is 1. The lowest BCUT2D eigenvalue weighted by atomic mass is 10.1. The van der Waals surface area contributed by atoms with E-state index in [4.69, 9.17) is 4.42 Å². The molecule has 1 aliphatic heterocycles. The monoisotopic (exact) mass is 280 g/mol. The van der Waals surface area contributed by atoms with E-state index >= 15 is 0 Å². The molecule has 1 aromatic heterocycles. The van der Waals surface area contributed by atoms with Gasteiger partial charge in [0.1, 0.15) is 11.9 Å². The largest absolute Gasteiger partial charge is 0.465 e. The summed E-state index contributed by atoms with van der Waals surface area (Å²) in [7, 11) is 0. The summed E-state index contributed by atoms with van der Waals surface area (Å²) in [6.45, 7) is 0. The number of nitrogens with one attached hydrogen (secondary N) is 1. The molecule has 1 amide bonds. The first-order chi connectivity index (χ1) is 10.3. The summed E-state index contributed by atoms with van der Waals surface area (Å²) in [5.74, 6) is 0.903. The molecule has 0 bridgehead atoms. The van der Waals surface area contributed by atoms with Crippen LogP contribution in [0, 0.1) is 0 Å². The van der Waals surface area contributed by atoms with Crippen LogP contribution in [0.1, 0.15) is 29.0 Å². The lowest BCUT2D eigenvalue weighted by Crippen LogP contribution is -2.48. The molecule has 0 saturated heterocycles. The number of hydrogen-bond acceptors (Lipinski definition) is 3. The topological polar surface area (TPSA) is 45.5 Å². The average Bonchev–Trinajstić information content (AvgIpc) is 3.20. The minimum absolute atomic E-state index is 0.112. The number of anilines is 1. The normalized spacial score (nSPS) is 21.4. The fourth-order valence-electron chi connectivity index (χ4n) is 2.75. The quantitative estimate of drug-likeness (QED) is 0.937. The SMILES string of the molecule is O=C1c2ccccc2NC(C=Cc2ccco2)N1C1CC1. The van der Waals surface area contributed by atoms with Crippen LogP contribution in [0.15, 0.2) is 53.2 Å². The lowest BCUT2D eigenvalue weighted by Gasteiger charge is -2.36. The summed E-state index contributed by atoms with van der Waals surface area (Å²) in [5.41, 5.74) is 1.65. The predicted octanol–water partition coefficient (Wildman–Crippen LogP) is 3.35. The van der Waals surface area contributed by atoms with E-state index in [0.717, 1.165) is 29.9 Å². The Bertz CT molecular complexity index is 687. The molecule has 1 unspecified atom stereocenters. The van der Waals surface area contributed by atoms with Gasteiger partial charge in [-0.3, -0.25) is 4.79 Å².